The van der Waals surface area contributed by atoms with E-state index in [2.05, 4.69) is 20.7 Å². The predicted octanol–water partition coefficient (Wildman–Crippen LogP) is 2.24. The Bertz CT molecular complexity index is 667. The van der Waals surface area contributed by atoms with Crippen LogP contribution in [0.1, 0.15) is 31.7 Å². The molecule has 0 radical (unpaired) electrons. The molecule has 1 aromatic carbocycles. The number of hydrogen-bond acceptors (Lipinski definition) is 4. The van der Waals surface area contributed by atoms with Gasteiger partial charge in [-0.2, -0.15) is 9.98 Å². The SMILES string of the molecule is CCCC[C@H](NS(=O)(=O)c1ccc(C#N)c(Br)c1)C(=O)O. The summed E-state index contributed by atoms with van der Waals surface area (Å²) in [5.41, 5.74) is 0.301. The molecule has 21 heavy (non-hydrogen) atoms. The van der Waals surface area contributed by atoms with Crippen molar-refractivity contribution in [3.63, 3.8) is 0 Å². The van der Waals surface area contributed by atoms with Gasteiger partial charge in [0.1, 0.15) is 12.1 Å². The van der Waals surface area contributed by atoms with E-state index in [0.29, 0.717) is 16.5 Å². The van der Waals surface area contributed by atoms with Gasteiger partial charge in [-0.1, -0.05) is 19.8 Å². The second kappa shape index (κ2) is 7.54. The molecule has 0 amide bonds. The fraction of sp³-hybridized carbons (Fsp3) is 0.385. The molecule has 0 unspecified atom stereocenters. The molecule has 0 heterocycles. The van der Waals surface area contributed by atoms with Gasteiger partial charge in [-0.05, 0) is 40.5 Å². The van der Waals surface area contributed by atoms with Gasteiger partial charge in [-0.15, -0.1) is 0 Å². The van der Waals surface area contributed by atoms with Gasteiger partial charge in [0.15, 0.2) is 0 Å². The summed E-state index contributed by atoms with van der Waals surface area (Å²) in [6.07, 6.45) is 1.60. The fourth-order valence-electron chi connectivity index (χ4n) is 1.65. The van der Waals surface area contributed by atoms with Crippen LogP contribution in [0.2, 0.25) is 0 Å². The topological polar surface area (TPSA) is 107 Å². The molecule has 0 saturated carbocycles. The molecule has 0 saturated heterocycles. The molecule has 1 aromatic rings. The lowest BCUT2D eigenvalue weighted by molar-refractivity contribution is -0.139. The highest BCUT2D eigenvalue weighted by molar-refractivity contribution is 9.10. The minimum Gasteiger partial charge on any atom is -0.480 e. The van der Waals surface area contributed by atoms with Crippen molar-refractivity contribution in [1.29, 1.82) is 5.26 Å². The smallest absolute Gasteiger partial charge is 0.321 e. The Morgan fingerprint density at radius 3 is 2.67 bits per heavy atom. The average Bonchev–Trinajstić information content (AvgIpc) is 2.43. The van der Waals surface area contributed by atoms with Crippen molar-refractivity contribution < 1.29 is 18.3 Å². The highest BCUT2D eigenvalue weighted by Gasteiger charge is 2.25. The number of benzene rings is 1. The molecule has 6 nitrogen and oxygen atoms in total. The Morgan fingerprint density at radius 2 is 2.19 bits per heavy atom. The lowest BCUT2D eigenvalue weighted by Crippen LogP contribution is -2.40. The molecule has 0 fully saturated rings. The lowest BCUT2D eigenvalue weighted by Gasteiger charge is -2.14. The molecule has 1 atom stereocenters. The Labute approximate surface area is 132 Å². The summed E-state index contributed by atoms with van der Waals surface area (Å²) >= 11 is 3.11. The standard InChI is InChI=1S/C13H15BrN2O4S/c1-2-3-4-12(13(17)18)16-21(19,20)10-6-5-9(8-15)11(14)7-10/h5-7,12,16H,2-4H2,1H3,(H,17,18)/t12-/m0/s1. The number of halogens is 1. The number of sulfonamides is 1. The predicted molar refractivity (Wildman–Crippen MR) is 80.1 cm³/mol. The highest BCUT2D eigenvalue weighted by atomic mass is 79.9. The summed E-state index contributed by atoms with van der Waals surface area (Å²) in [7, 11) is -3.95. The minimum atomic E-state index is -3.95. The fourth-order valence-corrected chi connectivity index (χ4v) is 3.52. The number of carboxylic acids is 1. The molecule has 8 heteroatoms. The number of nitriles is 1. The molecule has 0 bridgehead atoms. The van der Waals surface area contributed by atoms with Crippen molar-refractivity contribution in [3.8, 4) is 6.07 Å². The normalized spacial score (nSPS) is 12.6. The van der Waals surface area contributed by atoms with E-state index in [4.69, 9.17) is 10.4 Å². The van der Waals surface area contributed by atoms with E-state index in [9.17, 15) is 13.2 Å². The number of aliphatic carboxylic acids is 1. The van der Waals surface area contributed by atoms with Crippen molar-refractivity contribution in [2.24, 2.45) is 0 Å². The first-order valence-electron chi connectivity index (χ1n) is 6.26. The van der Waals surface area contributed by atoms with E-state index < -0.39 is 22.0 Å². The zero-order chi connectivity index (χ0) is 16.0. The lowest BCUT2D eigenvalue weighted by atomic mass is 10.1. The van der Waals surface area contributed by atoms with Gasteiger partial charge in [0.2, 0.25) is 10.0 Å². The van der Waals surface area contributed by atoms with Crippen molar-refractivity contribution in [2.45, 2.75) is 37.1 Å². The third kappa shape index (κ3) is 4.81. The molecule has 2 N–H and O–H groups in total. The first-order chi connectivity index (χ1) is 9.81. The Balaban J connectivity index is 3.02. The van der Waals surface area contributed by atoms with E-state index in [0.717, 1.165) is 6.42 Å². The number of nitrogens with one attached hydrogen (secondary N) is 1. The number of nitrogens with zero attached hydrogens (tertiary/aromatic N) is 1. The molecule has 0 aliphatic rings. The van der Waals surface area contributed by atoms with Crippen LogP contribution in [-0.4, -0.2) is 25.5 Å². The van der Waals surface area contributed by atoms with Crippen molar-refractivity contribution >= 4 is 31.9 Å². The van der Waals surface area contributed by atoms with E-state index in [-0.39, 0.29) is 11.3 Å². The highest BCUT2D eigenvalue weighted by Crippen LogP contribution is 2.21. The van der Waals surface area contributed by atoms with E-state index >= 15 is 0 Å². The minimum absolute atomic E-state index is 0.0869. The monoisotopic (exact) mass is 374 g/mol. The maximum absolute atomic E-state index is 12.2. The number of hydrogen-bond donors (Lipinski definition) is 2. The second-order valence-corrected chi connectivity index (χ2v) is 6.98. The van der Waals surface area contributed by atoms with Crippen LogP contribution in [0.15, 0.2) is 27.6 Å². The maximum atomic E-state index is 12.2. The Kier molecular flexibility index (Phi) is 6.33. The van der Waals surface area contributed by atoms with Crippen molar-refractivity contribution in [2.75, 3.05) is 0 Å². The zero-order valence-electron chi connectivity index (χ0n) is 11.3. The summed E-state index contributed by atoms with van der Waals surface area (Å²) < 4.78 is 26.9. The van der Waals surface area contributed by atoms with Gasteiger partial charge in [0.05, 0.1) is 10.5 Å². The van der Waals surface area contributed by atoms with Crippen LogP contribution in [0.3, 0.4) is 0 Å². The molecular formula is C13H15BrN2O4S. The Morgan fingerprint density at radius 1 is 1.52 bits per heavy atom. The summed E-state index contributed by atoms with van der Waals surface area (Å²) in [6.45, 7) is 1.89. The van der Waals surface area contributed by atoms with Crippen LogP contribution < -0.4 is 4.72 Å². The summed E-state index contributed by atoms with van der Waals surface area (Å²) in [6, 6.07) is 4.65. The van der Waals surface area contributed by atoms with Gasteiger partial charge >= 0.3 is 5.97 Å². The van der Waals surface area contributed by atoms with Gasteiger partial charge in [0.25, 0.3) is 0 Å². The third-order valence-corrected chi connectivity index (χ3v) is 4.94. The van der Waals surface area contributed by atoms with Gasteiger partial charge in [0, 0.05) is 4.47 Å². The second-order valence-electron chi connectivity index (χ2n) is 4.41. The summed E-state index contributed by atoms with van der Waals surface area (Å²) in [5.74, 6) is -1.21. The molecule has 0 aliphatic carbocycles. The van der Waals surface area contributed by atoms with Crippen LogP contribution >= 0.6 is 15.9 Å². The summed E-state index contributed by atoms with van der Waals surface area (Å²) in [4.78, 5) is 11.0. The van der Waals surface area contributed by atoms with Crippen molar-refractivity contribution in [1.82, 2.24) is 4.72 Å². The van der Waals surface area contributed by atoms with E-state index in [1.807, 2.05) is 13.0 Å². The molecule has 0 aliphatic heterocycles. The van der Waals surface area contributed by atoms with E-state index in [1.165, 1.54) is 18.2 Å². The van der Waals surface area contributed by atoms with Crippen LogP contribution in [-0.2, 0) is 14.8 Å². The van der Waals surface area contributed by atoms with Crippen LogP contribution in [0.4, 0.5) is 0 Å². The number of carbonyl (C=O) groups is 1. The van der Waals surface area contributed by atoms with E-state index in [1.54, 1.807) is 0 Å². The van der Waals surface area contributed by atoms with Crippen LogP contribution in [0.5, 0.6) is 0 Å². The maximum Gasteiger partial charge on any atom is 0.321 e. The molecule has 0 aromatic heterocycles. The quantitative estimate of drug-likeness (QED) is 0.760. The molecule has 114 valence electrons. The zero-order valence-corrected chi connectivity index (χ0v) is 13.7. The largest absolute Gasteiger partial charge is 0.480 e. The molecule has 0 spiro atoms. The van der Waals surface area contributed by atoms with Gasteiger partial charge in [-0.3, -0.25) is 4.79 Å². The number of unbranched alkanes of at least 4 members (excludes halogenated alkanes) is 1. The van der Waals surface area contributed by atoms with Gasteiger partial charge in [-0.25, -0.2) is 8.42 Å². The number of carboxylic acid groups (broad SMARTS) is 1. The van der Waals surface area contributed by atoms with Crippen LogP contribution in [0.25, 0.3) is 0 Å². The van der Waals surface area contributed by atoms with Crippen LogP contribution in [0, 0.1) is 11.3 Å². The molecule has 1 rings (SSSR count). The molecular weight excluding hydrogens is 360 g/mol. The Hall–Kier alpha value is -1.43. The first-order valence-corrected chi connectivity index (χ1v) is 8.54. The number of rotatable bonds is 7. The van der Waals surface area contributed by atoms with Crippen molar-refractivity contribution in [3.05, 3.63) is 28.2 Å². The van der Waals surface area contributed by atoms with Gasteiger partial charge < -0.3 is 5.11 Å². The first kappa shape index (κ1) is 17.6. The average molecular weight is 375 g/mol. The third-order valence-electron chi connectivity index (χ3n) is 2.81. The summed E-state index contributed by atoms with van der Waals surface area (Å²) in [5, 5.41) is 17.9.